The lowest BCUT2D eigenvalue weighted by Crippen LogP contribution is -2.55. The first-order chi connectivity index (χ1) is 17.1. The third kappa shape index (κ3) is 12.2. The van der Waals surface area contributed by atoms with Gasteiger partial charge in [0.15, 0.2) is 5.12 Å². The molecule has 200 valence electrons. The van der Waals surface area contributed by atoms with E-state index in [1.165, 1.54) is 21.1 Å². The van der Waals surface area contributed by atoms with Crippen LogP contribution in [0.4, 0.5) is 0 Å². The lowest BCUT2D eigenvalue weighted by molar-refractivity contribution is -0.140. The van der Waals surface area contributed by atoms with Crippen LogP contribution in [-0.4, -0.2) is 60.3 Å². The Labute approximate surface area is 217 Å². The molecule has 1 unspecified atom stereocenters. The second kappa shape index (κ2) is 16.7. The highest BCUT2D eigenvalue weighted by molar-refractivity contribution is 8.14. The van der Waals surface area contributed by atoms with Crippen molar-refractivity contribution >= 4 is 40.6 Å². The van der Waals surface area contributed by atoms with Gasteiger partial charge in [-0.2, -0.15) is 0 Å². The third-order valence-corrected chi connectivity index (χ3v) is 6.49. The normalized spacial score (nSPS) is 13.3. The second-order valence-corrected chi connectivity index (χ2v) is 10.4. The molecule has 0 fully saturated rings. The first-order valence-corrected chi connectivity index (χ1v) is 13.1. The molecule has 3 atom stereocenters. The van der Waals surface area contributed by atoms with Crippen molar-refractivity contribution in [1.82, 2.24) is 16.0 Å². The number of hydrogen-bond donors (Lipinski definition) is 3. The van der Waals surface area contributed by atoms with Gasteiger partial charge in [0.25, 0.3) is 0 Å². The van der Waals surface area contributed by atoms with E-state index in [-0.39, 0.29) is 29.3 Å². The van der Waals surface area contributed by atoms with E-state index in [9.17, 15) is 24.0 Å². The largest absolute Gasteiger partial charge is 0.469 e. The molecule has 36 heavy (non-hydrogen) atoms. The van der Waals surface area contributed by atoms with Crippen LogP contribution in [0.3, 0.4) is 0 Å². The maximum Gasteiger partial charge on any atom is 0.305 e. The zero-order valence-electron chi connectivity index (χ0n) is 21.8. The summed E-state index contributed by atoms with van der Waals surface area (Å²) in [7, 11) is 2.82. The van der Waals surface area contributed by atoms with Crippen molar-refractivity contribution in [2.75, 3.05) is 14.2 Å². The Bertz CT molecular complexity index is 878. The van der Waals surface area contributed by atoms with Crippen molar-refractivity contribution in [3.8, 4) is 0 Å². The summed E-state index contributed by atoms with van der Waals surface area (Å²) in [4.78, 5) is 61.9. The van der Waals surface area contributed by atoms with E-state index in [0.717, 1.165) is 17.3 Å². The van der Waals surface area contributed by atoms with Gasteiger partial charge >= 0.3 is 5.97 Å². The van der Waals surface area contributed by atoms with Crippen LogP contribution in [0.25, 0.3) is 0 Å². The van der Waals surface area contributed by atoms with Crippen LogP contribution >= 0.6 is 11.8 Å². The lowest BCUT2D eigenvalue weighted by Gasteiger charge is -2.25. The second-order valence-electron chi connectivity index (χ2n) is 8.98. The van der Waals surface area contributed by atoms with Crippen LogP contribution in [0.2, 0.25) is 0 Å². The SMILES string of the molecule is CNC(=O)[C@H](Cc1ccccc1)NC(=O)[C@H](CC(C)C)NC(=O)C(CCCCC(=O)OC)SC(C)=O. The Morgan fingerprint density at radius 3 is 2.11 bits per heavy atom. The van der Waals surface area contributed by atoms with Gasteiger partial charge in [0.2, 0.25) is 17.7 Å². The number of likely N-dealkylation sites (N-methyl/N-ethyl adjacent to an activating group) is 1. The number of methoxy groups -OCH3 is 1. The number of nitrogens with one attached hydrogen (secondary N) is 3. The number of thioether (sulfide) groups is 1. The zero-order chi connectivity index (χ0) is 27.1. The van der Waals surface area contributed by atoms with Gasteiger partial charge in [0.05, 0.1) is 12.4 Å². The molecule has 0 aromatic heterocycles. The van der Waals surface area contributed by atoms with Crippen LogP contribution in [0, 0.1) is 5.92 Å². The number of hydrogen-bond acceptors (Lipinski definition) is 7. The fourth-order valence-corrected chi connectivity index (χ4v) is 4.48. The van der Waals surface area contributed by atoms with Crippen LogP contribution in [0.15, 0.2) is 30.3 Å². The minimum absolute atomic E-state index is 0.0904. The smallest absolute Gasteiger partial charge is 0.305 e. The summed E-state index contributed by atoms with van der Waals surface area (Å²) in [6.07, 6.45) is 2.34. The van der Waals surface area contributed by atoms with E-state index in [0.29, 0.717) is 32.1 Å². The summed E-state index contributed by atoms with van der Waals surface area (Å²) in [5.41, 5.74) is 0.890. The predicted octanol–water partition coefficient (Wildman–Crippen LogP) is 2.37. The number of amides is 3. The number of unbranched alkanes of at least 4 members (excludes halogenated alkanes) is 1. The molecule has 3 N–H and O–H groups in total. The minimum atomic E-state index is -0.870. The van der Waals surface area contributed by atoms with Crippen molar-refractivity contribution < 1.29 is 28.7 Å². The monoisotopic (exact) mass is 521 g/mol. The average Bonchev–Trinajstić information content (AvgIpc) is 2.84. The summed E-state index contributed by atoms with van der Waals surface area (Å²) in [6, 6.07) is 7.66. The molecule has 0 radical (unpaired) electrons. The summed E-state index contributed by atoms with van der Waals surface area (Å²) in [6.45, 7) is 5.25. The number of rotatable bonds is 15. The fourth-order valence-electron chi connectivity index (χ4n) is 3.62. The zero-order valence-corrected chi connectivity index (χ0v) is 22.6. The molecule has 1 rings (SSSR count). The maximum absolute atomic E-state index is 13.2. The number of carbonyl (C=O) groups is 5. The number of carbonyl (C=O) groups excluding carboxylic acids is 5. The standard InChI is InChI=1S/C26H39N3O6S/c1-17(2)15-20(25(33)28-21(24(32)27-4)16-19-11-7-6-8-12-19)29-26(34)22(36-18(3)30)13-9-10-14-23(31)35-5/h6-8,11-12,17,20-22H,9-10,13-16H2,1-5H3,(H,27,32)(H,28,33)(H,29,34)/t20-,21-,22?/m0/s1. The Hall–Kier alpha value is -2.88. The Morgan fingerprint density at radius 1 is 0.917 bits per heavy atom. The van der Waals surface area contributed by atoms with E-state index in [1.54, 1.807) is 0 Å². The van der Waals surface area contributed by atoms with E-state index in [2.05, 4.69) is 20.7 Å². The van der Waals surface area contributed by atoms with Crippen molar-refractivity contribution in [1.29, 1.82) is 0 Å². The molecule has 0 aliphatic heterocycles. The molecular weight excluding hydrogens is 482 g/mol. The molecule has 10 heteroatoms. The predicted molar refractivity (Wildman–Crippen MR) is 140 cm³/mol. The molecule has 9 nitrogen and oxygen atoms in total. The minimum Gasteiger partial charge on any atom is -0.469 e. The first-order valence-electron chi connectivity index (χ1n) is 12.2. The van der Waals surface area contributed by atoms with Gasteiger partial charge in [0, 0.05) is 26.8 Å². The molecular formula is C26H39N3O6S. The van der Waals surface area contributed by atoms with Gasteiger partial charge in [-0.15, -0.1) is 0 Å². The highest BCUT2D eigenvalue weighted by atomic mass is 32.2. The Morgan fingerprint density at radius 2 is 1.56 bits per heavy atom. The van der Waals surface area contributed by atoms with Crippen LogP contribution in [0.1, 0.15) is 58.4 Å². The number of benzene rings is 1. The van der Waals surface area contributed by atoms with Gasteiger partial charge < -0.3 is 20.7 Å². The molecule has 3 amide bonds. The topological polar surface area (TPSA) is 131 Å². The quantitative estimate of drug-likeness (QED) is 0.239. The van der Waals surface area contributed by atoms with Gasteiger partial charge in [-0.3, -0.25) is 24.0 Å². The van der Waals surface area contributed by atoms with E-state index in [1.807, 2.05) is 44.2 Å². The lowest BCUT2D eigenvalue weighted by atomic mass is 10.0. The van der Waals surface area contributed by atoms with E-state index >= 15 is 0 Å². The third-order valence-electron chi connectivity index (χ3n) is 5.43. The highest BCUT2D eigenvalue weighted by Gasteiger charge is 2.30. The van der Waals surface area contributed by atoms with Gasteiger partial charge in [-0.1, -0.05) is 62.4 Å². The molecule has 0 saturated carbocycles. The van der Waals surface area contributed by atoms with Crippen LogP contribution < -0.4 is 16.0 Å². The summed E-state index contributed by atoms with van der Waals surface area (Å²) in [5.74, 6) is -1.46. The van der Waals surface area contributed by atoms with E-state index < -0.39 is 29.1 Å². The van der Waals surface area contributed by atoms with Gasteiger partial charge in [0.1, 0.15) is 12.1 Å². The summed E-state index contributed by atoms with van der Waals surface area (Å²) in [5, 5.41) is 7.25. The van der Waals surface area contributed by atoms with Crippen LogP contribution in [-0.2, 0) is 35.1 Å². The van der Waals surface area contributed by atoms with Crippen molar-refractivity contribution in [2.45, 2.75) is 76.6 Å². The van der Waals surface area contributed by atoms with Gasteiger partial charge in [-0.05, 0) is 30.7 Å². The highest BCUT2D eigenvalue weighted by Crippen LogP contribution is 2.20. The molecule has 0 spiro atoms. The fraction of sp³-hybridized carbons (Fsp3) is 0.577. The average molecular weight is 522 g/mol. The summed E-state index contributed by atoms with van der Waals surface area (Å²) < 4.78 is 4.63. The number of esters is 1. The molecule has 0 aliphatic rings. The van der Waals surface area contributed by atoms with Crippen LogP contribution in [0.5, 0.6) is 0 Å². The number of ether oxygens (including phenoxy) is 1. The molecule has 0 saturated heterocycles. The Balaban J connectivity index is 2.93. The molecule has 1 aromatic carbocycles. The summed E-state index contributed by atoms with van der Waals surface area (Å²) >= 11 is 0.906. The molecule has 0 heterocycles. The molecule has 1 aromatic rings. The van der Waals surface area contributed by atoms with Crippen molar-refractivity contribution in [3.05, 3.63) is 35.9 Å². The Kier molecular flexibility index (Phi) is 14.5. The first kappa shape index (κ1) is 31.2. The van der Waals surface area contributed by atoms with Gasteiger partial charge in [-0.25, -0.2) is 0 Å². The molecule has 0 aliphatic carbocycles. The maximum atomic E-state index is 13.2. The van der Waals surface area contributed by atoms with Crippen molar-refractivity contribution in [3.63, 3.8) is 0 Å². The van der Waals surface area contributed by atoms with E-state index in [4.69, 9.17) is 0 Å². The van der Waals surface area contributed by atoms with Crippen molar-refractivity contribution in [2.24, 2.45) is 5.92 Å². The molecule has 0 bridgehead atoms.